The molecule has 122 valence electrons. The van der Waals surface area contributed by atoms with E-state index < -0.39 is 0 Å². The highest BCUT2D eigenvalue weighted by molar-refractivity contribution is 5.39. The van der Waals surface area contributed by atoms with Gasteiger partial charge in [-0.05, 0) is 43.4 Å². The monoisotopic (exact) mass is 312 g/mol. The number of nitrogens with two attached hydrogens (primary N) is 1. The minimum atomic E-state index is -0.154. The first-order valence-electron chi connectivity index (χ1n) is 8.11. The summed E-state index contributed by atoms with van der Waals surface area (Å²) in [7, 11) is 0. The summed E-state index contributed by atoms with van der Waals surface area (Å²) in [4.78, 5) is 10.8. The Kier molecular flexibility index (Phi) is 4.48. The van der Waals surface area contributed by atoms with Gasteiger partial charge in [0.05, 0.1) is 6.61 Å². The van der Waals surface area contributed by atoms with Gasteiger partial charge in [0, 0.05) is 24.7 Å². The largest absolute Gasteiger partial charge is 0.396 e. The molecule has 0 saturated carbocycles. The van der Waals surface area contributed by atoms with Crippen molar-refractivity contribution in [1.82, 2.24) is 9.97 Å². The minimum absolute atomic E-state index is 0.154. The van der Waals surface area contributed by atoms with Gasteiger partial charge in [-0.15, -0.1) is 0 Å². The topological polar surface area (TPSA) is 75.3 Å². The summed E-state index contributed by atoms with van der Waals surface area (Å²) in [5.41, 5.74) is 8.21. The molecule has 2 heterocycles. The molecule has 2 aromatic rings. The van der Waals surface area contributed by atoms with Crippen LogP contribution >= 0.6 is 0 Å². The Morgan fingerprint density at radius 1 is 1.30 bits per heavy atom. The Bertz CT molecular complexity index is 676. The molecule has 0 amide bonds. The van der Waals surface area contributed by atoms with Crippen molar-refractivity contribution in [3.8, 4) is 0 Å². The number of rotatable bonds is 4. The van der Waals surface area contributed by atoms with Gasteiger partial charge in [0.25, 0.3) is 0 Å². The highest BCUT2D eigenvalue weighted by atomic mass is 16.3. The van der Waals surface area contributed by atoms with Crippen LogP contribution in [0.2, 0.25) is 0 Å². The van der Waals surface area contributed by atoms with E-state index in [0.717, 1.165) is 32.4 Å². The second-order valence-corrected chi connectivity index (χ2v) is 6.57. The van der Waals surface area contributed by atoms with Gasteiger partial charge >= 0.3 is 0 Å². The fourth-order valence-corrected chi connectivity index (χ4v) is 3.43. The maximum atomic E-state index is 10.1. The van der Waals surface area contributed by atoms with Crippen molar-refractivity contribution in [3.63, 3.8) is 0 Å². The number of aryl methyl sites for hydroxylation is 1. The number of hydrogen-bond acceptors (Lipinski definition) is 5. The number of nitrogen functional groups attached to an aromatic ring is 1. The number of benzene rings is 1. The number of nitrogens with zero attached hydrogens (tertiary/aromatic N) is 3. The fourth-order valence-electron chi connectivity index (χ4n) is 3.43. The molecule has 1 fully saturated rings. The number of hydrogen-bond donors (Lipinski definition) is 2. The van der Waals surface area contributed by atoms with E-state index in [4.69, 9.17) is 5.73 Å². The summed E-state index contributed by atoms with van der Waals surface area (Å²) in [5.74, 6) is 1.14. The first-order valence-corrected chi connectivity index (χ1v) is 8.11. The summed E-state index contributed by atoms with van der Waals surface area (Å²) in [6.07, 6.45) is 4.59. The average molecular weight is 312 g/mol. The Labute approximate surface area is 137 Å². The van der Waals surface area contributed by atoms with Gasteiger partial charge in [0.15, 0.2) is 0 Å². The first-order chi connectivity index (χ1) is 11.1. The van der Waals surface area contributed by atoms with E-state index in [-0.39, 0.29) is 12.0 Å². The smallest absolute Gasteiger partial charge is 0.227 e. The lowest BCUT2D eigenvalue weighted by atomic mass is 9.75. The van der Waals surface area contributed by atoms with Crippen molar-refractivity contribution < 1.29 is 5.11 Å². The summed E-state index contributed by atoms with van der Waals surface area (Å²) < 4.78 is 0. The van der Waals surface area contributed by atoms with Crippen LogP contribution in [0.25, 0.3) is 0 Å². The molecule has 0 bridgehead atoms. The molecule has 0 radical (unpaired) electrons. The molecule has 1 aliphatic heterocycles. The maximum absolute atomic E-state index is 10.1. The molecule has 0 spiro atoms. The number of piperidine rings is 1. The van der Waals surface area contributed by atoms with Crippen LogP contribution in [0.5, 0.6) is 0 Å². The third-order valence-electron chi connectivity index (χ3n) is 4.77. The van der Waals surface area contributed by atoms with Crippen molar-refractivity contribution in [2.24, 2.45) is 5.41 Å². The standard InChI is InChI=1S/C18H24N4O/c1-14-5-2-3-6-15(14)11-18(13-23)8-4-10-22(12-18)17-20-9-7-16(19)21-17/h2-3,5-7,9,23H,4,8,10-13H2,1H3,(H2,19,20,21). The molecule has 1 aliphatic rings. The Morgan fingerprint density at radius 2 is 2.13 bits per heavy atom. The second-order valence-electron chi connectivity index (χ2n) is 6.57. The molecule has 5 nitrogen and oxygen atoms in total. The molecule has 1 aromatic carbocycles. The summed E-state index contributed by atoms with van der Waals surface area (Å²) in [6, 6.07) is 10.1. The first kappa shape index (κ1) is 15.7. The quantitative estimate of drug-likeness (QED) is 0.905. The molecule has 23 heavy (non-hydrogen) atoms. The van der Waals surface area contributed by atoms with Gasteiger partial charge in [-0.1, -0.05) is 24.3 Å². The SMILES string of the molecule is Cc1ccccc1CC1(CO)CCCN(c2nccc(N)n2)C1. The zero-order chi connectivity index (χ0) is 16.3. The van der Waals surface area contributed by atoms with Gasteiger partial charge < -0.3 is 15.7 Å². The molecule has 1 atom stereocenters. The minimum Gasteiger partial charge on any atom is -0.396 e. The van der Waals surface area contributed by atoms with Crippen LogP contribution in [0, 0.1) is 12.3 Å². The van der Waals surface area contributed by atoms with Crippen LogP contribution in [-0.4, -0.2) is 34.8 Å². The third kappa shape index (κ3) is 3.45. The van der Waals surface area contributed by atoms with E-state index in [2.05, 4.69) is 46.1 Å². The lowest BCUT2D eigenvalue weighted by Crippen LogP contribution is -2.47. The lowest BCUT2D eigenvalue weighted by molar-refractivity contribution is 0.105. The molecule has 0 aliphatic carbocycles. The number of aliphatic hydroxyl groups excluding tert-OH is 1. The summed E-state index contributed by atoms with van der Waals surface area (Å²) in [5, 5.41) is 10.1. The summed E-state index contributed by atoms with van der Waals surface area (Å²) in [6.45, 7) is 3.95. The van der Waals surface area contributed by atoms with E-state index in [1.807, 2.05) is 0 Å². The third-order valence-corrected chi connectivity index (χ3v) is 4.77. The van der Waals surface area contributed by atoms with E-state index in [1.165, 1.54) is 11.1 Å². The van der Waals surface area contributed by atoms with Gasteiger partial charge in [0.2, 0.25) is 5.95 Å². The van der Waals surface area contributed by atoms with Crippen molar-refractivity contribution in [2.75, 3.05) is 30.3 Å². The Balaban J connectivity index is 1.83. The van der Waals surface area contributed by atoms with Crippen LogP contribution in [0.3, 0.4) is 0 Å². The highest BCUT2D eigenvalue weighted by Crippen LogP contribution is 2.35. The summed E-state index contributed by atoms with van der Waals surface area (Å²) >= 11 is 0. The van der Waals surface area contributed by atoms with Crippen molar-refractivity contribution in [1.29, 1.82) is 0 Å². The van der Waals surface area contributed by atoms with E-state index in [1.54, 1.807) is 12.3 Å². The molecule has 1 unspecified atom stereocenters. The maximum Gasteiger partial charge on any atom is 0.227 e. The number of aliphatic hydroxyl groups is 1. The van der Waals surface area contributed by atoms with E-state index in [0.29, 0.717) is 11.8 Å². The fraction of sp³-hybridized carbons (Fsp3) is 0.444. The van der Waals surface area contributed by atoms with Gasteiger partial charge in [-0.3, -0.25) is 0 Å². The second kappa shape index (κ2) is 6.54. The van der Waals surface area contributed by atoms with Crippen molar-refractivity contribution in [2.45, 2.75) is 26.2 Å². The van der Waals surface area contributed by atoms with Crippen LogP contribution < -0.4 is 10.6 Å². The molecule has 3 rings (SSSR count). The molecular formula is C18H24N4O. The van der Waals surface area contributed by atoms with E-state index in [9.17, 15) is 5.11 Å². The molecule has 1 aromatic heterocycles. The molecule has 5 heteroatoms. The lowest BCUT2D eigenvalue weighted by Gasteiger charge is -2.42. The van der Waals surface area contributed by atoms with Crippen LogP contribution in [0.4, 0.5) is 11.8 Å². The van der Waals surface area contributed by atoms with E-state index >= 15 is 0 Å². The average Bonchev–Trinajstić information content (AvgIpc) is 2.57. The normalized spacial score (nSPS) is 21.4. The number of aromatic nitrogens is 2. The van der Waals surface area contributed by atoms with Gasteiger partial charge in [-0.2, -0.15) is 4.98 Å². The molecular weight excluding hydrogens is 288 g/mol. The predicted molar refractivity (Wildman–Crippen MR) is 92.3 cm³/mol. The Hall–Kier alpha value is -2.14. The van der Waals surface area contributed by atoms with Crippen molar-refractivity contribution in [3.05, 3.63) is 47.7 Å². The zero-order valence-corrected chi connectivity index (χ0v) is 13.6. The van der Waals surface area contributed by atoms with Crippen LogP contribution in [-0.2, 0) is 6.42 Å². The van der Waals surface area contributed by atoms with Crippen molar-refractivity contribution >= 4 is 11.8 Å². The van der Waals surface area contributed by atoms with Crippen LogP contribution in [0.15, 0.2) is 36.5 Å². The molecule has 1 saturated heterocycles. The van der Waals surface area contributed by atoms with Crippen LogP contribution in [0.1, 0.15) is 24.0 Å². The Morgan fingerprint density at radius 3 is 2.87 bits per heavy atom. The number of anilines is 2. The predicted octanol–water partition coefficient (Wildman–Crippen LogP) is 2.19. The van der Waals surface area contributed by atoms with Gasteiger partial charge in [0.1, 0.15) is 5.82 Å². The highest BCUT2D eigenvalue weighted by Gasteiger charge is 2.36. The zero-order valence-electron chi connectivity index (χ0n) is 13.6. The van der Waals surface area contributed by atoms with Gasteiger partial charge in [-0.25, -0.2) is 4.98 Å². The molecule has 3 N–H and O–H groups in total.